The highest BCUT2D eigenvalue weighted by Gasteiger charge is 2.71. The minimum absolute atomic E-state index is 0.0526. The van der Waals surface area contributed by atoms with Crippen LogP contribution in [0.3, 0.4) is 0 Å². The number of benzene rings is 2. The number of sulfone groups is 1. The van der Waals surface area contributed by atoms with Crippen LogP contribution in [0.5, 0.6) is 0 Å². The molecule has 0 aliphatic carbocycles. The van der Waals surface area contributed by atoms with Gasteiger partial charge in [0, 0.05) is 11.8 Å². The van der Waals surface area contributed by atoms with Crippen molar-refractivity contribution in [2.75, 3.05) is 6.61 Å². The number of fused-ring (bicyclic) bond motifs is 1. The molecule has 3 aromatic rings. The Kier molecular flexibility index (Phi) is 9.20. The number of halogens is 3. The van der Waals surface area contributed by atoms with Crippen LogP contribution in [0.4, 0.5) is 4.79 Å². The fraction of sp³-hybridized carbons (Fsp3) is 0.258. The van der Waals surface area contributed by atoms with E-state index in [4.69, 9.17) is 44.3 Å². The van der Waals surface area contributed by atoms with Gasteiger partial charge < -0.3 is 14.4 Å². The second-order valence-corrected chi connectivity index (χ2v) is 15.8. The molecule has 3 amide bonds. The van der Waals surface area contributed by atoms with Gasteiger partial charge in [0.1, 0.15) is 11.4 Å². The summed E-state index contributed by atoms with van der Waals surface area (Å²) in [5, 5.41) is 0.164. The Hall–Kier alpha value is -3.97. The summed E-state index contributed by atoms with van der Waals surface area (Å²) in [5.41, 5.74) is 1.12. The Morgan fingerprint density at radius 1 is 0.957 bits per heavy atom. The van der Waals surface area contributed by atoms with Crippen molar-refractivity contribution in [1.82, 2.24) is 15.2 Å². The molecule has 11 nitrogen and oxygen atoms in total. The van der Waals surface area contributed by atoms with E-state index in [0.29, 0.717) is 11.1 Å². The molecular weight excluding hydrogens is 681 g/mol. The molecule has 1 N–H and O–H groups in total. The maximum atomic E-state index is 14.0. The number of carbonyl (C=O) groups is 4. The summed E-state index contributed by atoms with van der Waals surface area (Å²) in [6.07, 6.45) is -0.813. The monoisotopic (exact) mass is 705 g/mol. The van der Waals surface area contributed by atoms with E-state index in [1.807, 2.05) is 12.1 Å². The van der Waals surface area contributed by atoms with Gasteiger partial charge in [-0.1, -0.05) is 102 Å². The molecule has 1 aromatic heterocycles. The Morgan fingerprint density at radius 2 is 1.52 bits per heavy atom. The number of esters is 1. The molecule has 15 heteroatoms. The van der Waals surface area contributed by atoms with Crippen molar-refractivity contribution in [3.8, 4) is 0 Å². The number of aromatic nitrogens is 1. The standard InChI is InChI=1S/C31H26Cl3N3O8S/c1-30(2)24(27(39)45-23(18-11-5-3-6-12-18)19-13-7-4-8-14-19)37-25(38)22(26(37)46(30,42)43)20(21-15-9-10-16-35-21)17-44-29(41)36-28(40)31(32,33)34/h3-16,23-24,26H,17H2,1-2H3,(H,36,40,41)/b22-20-/t24-,26+/m0/s1. The molecule has 5 rings (SSSR count). The highest BCUT2D eigenvalue weighted by molar-refractivity contribution is 7.94. The van der Waals surface area contributed by atoms with Crippen molar-refractivity contribution in [3.63, 3.8) is 0 Å². The molecule has 2 aliphatic heterocycles. The summed E-state index contributed by atoms with van der Waals surface area (Å²) in [6, 6.07) is 21.0. The van der Waals surface area contributed by atoms with Crippen LogP contribution in [0.2, 0.25) is 0 Å². The maximum Gasteiger partial charge on any atom is 0.414 e. The van der Waals surface area contributed by atoms with Crippen molar-refractivity contribution in [2.24, 2.45) is 0 Å². The Morgan fingerprint density at radius 3 is 2.04 bits per heavy atom. The lowest BCUT2D eigenvalue weighted by Gasteiger charge is -2.40. The van der Waals surface area contributed by atoms with Gasteiger partial charge in [0.05, 0.1) is 11.3 Å². The van der Waals surface area contributed by atoms with Gasteiger partial charge in [-0.2, -0.15) is 0 Å². The Bertz CT molecular complexity index is 1780. The molecule has 0 unspecified atom stereocenters. The lowest BCUT2D eigenvalue weighted by molar-refractivity contribution is -0.160. The van der Waals surface area contributed by atoms with Gasteiger partial charge in [0.25, 0.3) is 15.6 Å². The van der Waals surface area contributed by atoms with Gasteiger partial charge in [-0.15, -0.1) is 0 Å². The highest BCUT2D eigenvalue weighted by Crippen LogP contribution is 2.51. The van der Waals surface area contributed by atoms with E-state index >= 15 is 0 Å². The fourth-order valence-corrected chi connectivity index (χ4v) is 7.68. The van der Waals surface area contributed by atoms with Crippen molar-refractivity contribution in [2.45, 2.75) is 39.9 Å². The first kappa shape index (κ1) is 33.4. The van der Waals surface area contributed by atoms with Crippen LogP contribution in [0, 0.1) is 0 Å². The number of β-lactam (4-membered cyclic amide) rings is 1. The lowest BCUT2D eigenvalue weighted by Crippen LogP contribution is -2.59. The summed E-state index contributed by atoms with van der Waals surface area (Å²) in [4.78, 5) is 57.2. The molecule has 46 heavy (non-hydrogen) atoms. The molecule has 0 bridgehead atoms. The number of alkyl carbamates (subject to hydrolysis) is 1. The summed E-state index contributed by atoms with van der Waals surface area (Å²) in [7, 11) is -4.28. The van der Waals surface area contributed by atoms with Crippen molar-refractivity contribution < 1.29 is 37.1 Å². The number of pyridine rings is 1. The molecule has 240 valence electrons. The zero-order valence-electron chi connectivity index (χ0n) is 24.2. The predicted molar refractivity (Wildman–Crippen MR) is 169 cm³/mol. The first-order chi connectivity index (χ1) is 21.7. The molecule has 2 saturated heterocycles. The van der Waals surface area contributed by atoms with Crippen molar-refractivity contribution >= 4 is 74.1 Å². The van der Waals surface area contributed by atoms with Gasteiger partial charge in [-0.25, -0.2) is 18.0 Å². The van der Waals surface area contributed by atoms with Crippen LogP contribution < -0.4 is 5.32 Å². The van der Waals surface area contributed by atoms with Gasteiger partial charge in [-0.3, -0.25) is 19.9 Å². The normalized spacial score (nSPS) is 20.7. The van der Waals surface area contributed by atoms with Crippen molar-refractivity contribution in [1.29, 1.82) is 0 Å². The fourth-order valence-electron chi connectivity index (χ4n) is 5.37. The maximum absolute atomic E-state index is 14.0. The predicted octanol–water partition coefficient (Wildman–Crippen LogP) is 4.53. The Labute approximate surface area is 279 Å². The van der Waals surface area contributed by atoms with E-state index in [2.05, 4.69) is 4.98 Å². The molecule has 3 heterocycles. The van der Waals surface area contributed by atoms with E-state index in [1.54, 1.807) is 66.0 Å². The number of ether oxygens (including phenoxy) is 2. The molecule has 2 fully saturated rings. The van der Waals surface area contributed by atoms with Crippen LogP contribution in [0.1, 0.15) is 36.8 Å². The number of alkyl halides is 3. The molecule has 2 aliphatic rings. The minimum Gasteiger partial charge on any atom is -0.451 e. The first-order valence-corrected chi connectivity index (χ1v) is 16.4. The number of hydrogen-bond acceptors (Lipinski definition) is 9. The number of rotatable bonds is 7. The third-order valence-electron chi connectivity index (χ3n) is 7.71. The summed E-state index contributed by atoms with van der Waals surface area (Å²) < 4.78 is 34.9. The summed E-state index contributed by atoms with van der Waals surface area (Å²) in [6.45, 7) is 2.02. The summed E-state index contributed by atoms with van der Waals surface area (Å²) >= 11 is 16.5. The number of hydrogen-bond donors (Lipinski definition) is 1. The second kappa shape index (κ2) is 12.7. The quantitative estimate of drug-likeness (QED) is 0.162. The molecule has 0 saturated carbocycles. The number of carbonyl (C=O) groups excluding carboxylic acids is 4. The van der Waals surface area contributed by atoms with E-state index in [9.17, 15) is 27.6 Å². The molecule has 2 aromatic carbocycles. The van der Waals surface area contributed by atoms with Crippen LogP contribution in [0.15, 0.2) is 90.6 Å². The number of nitrogens with zero attached hydrogens (tertiary/aromatic N) is 2. The average molecular weight is 707 g/mol. The number of nitrogens with one attached hydrogen (secondary N) is 1. The molecule has 0 radical (unpaired) electrons. The highest BCUT2D eigenvalue weighted by atomic mass is 35.6. The molecule has 2 atom stereocenters. The number of amides is 3. The smallest absolute Gasteiger partial charge is 0.414 e. The molecular formula is C31H26Cl3N3O8S. The third-order valence-corrected chi connectivity index (χ3v) is 11.0. The minimum atomic E-state index is -4.28. The van der Waals surface area contributed by atoms with E-state index in [-0.39, 0.29) is 16.8 Å². The lowest BCUT2D eigenvalue weighted by atomic mass is 9.91. The van der Waals surface area contributed by atoms with Crippen LogP contribution >= 0.6 is 34.8 Å². The van der Waals surface area contributed by atoms with Crippen LogP contribution in [-0.4, -0.2) is 68.7 Å². The Balaban J connectivity index is 1.50. The van der Waals surface area contributed by atoms with Gasteiger partial charge in [-0.05, 0) is 37.1 Å². The third kappa shape index (κ3) is 6.09. The topological polar surface area (TPSA) is 149 Å². The van der Waals surface area contributed by atoms with Crippen molar-refractivity contribution in [3.05, 3.63) is 107 Å². The van der Waals surface area contributed by atoms with Gasteiger partial charge in [0.2, 0.25) is 0 Å². The zero-order chi connectivity index (χ0) is 33.4. The van der Waals surface area contributed by atoms with Crippen LogP contribution in [0.25, 0.3) is 5.57 Å². The van der Waals surface area contributed by atoms with E-state index in [0.717, 1.165) is 4.90 Å². The van der Waals surface area contributed by atoms with Gasteiger partial charge >= 0.3 is 12.1 Å². The molecule has 0 spiro atoms. The zero-order valence-corrected chi connectivity index (χ0v) is 27.3. The van der Waals surface area contributed by atoms with E-state index < -0.39 is 66.4 Å². The van der Waals surface area contributed by atoms with Crippen LogP contribution in [-0.2, 0) is 33.7 Å². The largest absolute Gasteiger partial charge is 0.451 e. The second-order valence-electron chi connectivity index (χ2n) is 10.9. The van der Waals surface area contributed by atoms with Gasteiger partial charge in [0.15, 0.2) is 27.4 Å². The summed E-state index contributed by atoms with van der Waals surface area (Å²) in [5.74, 6) is -2.99. The SMILES string of the molecule is CC1(C)[C@H](C(=O)OC(c2ccccc2)c2ccccc2)N2C(=O)/C(=C(\COC(=O)NC(=O)C(Cl)(Cl)Cl)c3ccccn3)[C@H]2S1(=O)=O. The average Bonchev–Trinajstić information content (AvgIpc) is 3.17. The first-order valence-electron chi connectivity index (χ1n) is 13.7. The number of imide groups is 1. The van der Waals surface area contributed by atoms with E-state index in [1.165, 1.54) is 26.1 Å².